The fourth-order valence-electron chi connectivity index (χ4n) is 9.25. The highest BCUT2D eigenvalue weighted by Crippen LogP contribution is 2.31. The van der Waals surface area contributed by atoms with Crippen LogP contribution in [-0.4, -0.2) is 126 Å². The van der Waals surface area contributed by atoms with E-state index in [1.54, 1.807) is 18.2 Å². The van der Waals surface area contributed by atoms with Gasteiger partial charge in [0.25, 0.3) is 0 Å². The molecule has 3 N–H and O–H groups in total. The van der Waals surface area contributed by atoms with Gasteiger partial charge in [-0.3, -0.25) is 29.1 Å². The highest BCUT2D eigenvalue weighted by molar-refractivity contribution is 5.93. The number of hydrogen-bond donors (Lipinski definition) is 3. The lowest BCUT2D eigenvalue weighted by Gasteiger charge is -2.26. The minimum Gasteiger partial charge on any atom is -0.464 e. The topological polar surface area (TPSA) is 215 Å². The number of esters is 3. The molecule has 3 aromatic heterocycles. The summed E-state index contributed by atoms with van der Waals surface area (Å²) in [6.07, 6.45) is 0. The van der Waals surface area contributed by atoms with Crippen LogP contribution >= 0.6 is 0 Å². The molecule has 0 aliphatic carbocycles. The zero-order chi connectivity index (χ0) is 53.9. The van der Waals surface area contributed by atoms with Crippen molar-refractivity contribution in [2.45, 2.75) is 61.2 Å². The first-order valence-corrected chi connectivity index (χ1v) is 24.5. The van der Waals surface area contributed by atoms with Gasteiger partial charge in [0.15, 0.2) is 0 Å². The van der Waals surface area contributed by atoms with Crippen LogP contribution in [0.2, 0.25) is 0 Å². The van der Waals surface area contributed by atoms with Crippen molar-refractivity contribution >= 4 is 52.7 Å². The van der Waals surface area contributed by atoms with E-state index in [-0.39, 0.29) is 34.8 Å². The predicted octanol–water partition coefficient (Wildman–Crippen LogP) is 7.85. The molecule has 18 nitrogen and oxygen atoms in total. The smallest absolute Gasteiger partial charge is 0.356 e. The molecule has 18 heteroatoms. The number of pyridine rings is 3. The molecule has 1 saturated heterocycles. The lowest BCUT2D eigenvalue weighted by atomic mass is 9.99. The van der Waals surface area contributed by atoms with E-state index < -0.39 is 17.9 Å². The quantitative estimate of drug-likeness (QED) is 0.0660. The molecule has 390 valence electrons. The second-order valence-electron chi connectivity index (χ2n) is 18.6. The van der Waals surface area contributed by atoms with E-state index >= 15 is 0 Å². The summed E-state index contributed by atoms with van der Waals surface area (Å²) in [5.41, 5.74) is 11.9. The number of ether oxygens (including phenoxy) is 3. The van der Waals surface area contributed by atoms with Crippen molar-refractivity contribution in [1.29, 1.82) is 0 Å². The number of carbonyl (C=O) groups excluding carboxylic acids is 6. The van der Waals surface area contributed by atoms with Gasteiger partial charge in [-0.15, -0.1) is 0 Å². The highest BCUT2D eigenvalue weighted by Gasteiger charge is 2.23. The maximum atomic E-state index is 13.2. The number of nitrogens with one attached hydrogen (secondary N) is 3. The van der Waals surface area contributed by atoms with E-state index in [0.29, 0.717) is 93.0 Å². The Morgan fingerprint density at radius 1 is 0.413 bits per heavy atom. The first-order chi connectivity index (χ1) is 35.9. The summed E-state index contributed by atoms with van der Waals surface area (Å²) in [5.74, 6) is -2.28. The number of benzene rings is 3. The molecule has 0 saturated carbocycles. The Morgan fingerprint density at radius 3 is 0.880 bits per heavy atom. The highest BCUT2D eigenvalue weighted by atomic mass is 16.5. The normalized spacial score (nSPS) is 13.4. The summed E-state index contributed by atoms with van der Waals surface area (Å²) < 4.78 is 15.5. The van der Waals surface area contributed by atoms with Crippen LogP contribution in [0.15, 0.2) is 91.0 Å². The van der Waals surface area contributed by atoms with Crippen LogP contribution in [-0.2, 0) is 48.2 Å². The third-order valence-electron chi connectivity index (χ3n) is 12.7. The van der Waals surface area contributed by atoms with E-state index in [0.717, 1.165) is 50.1 Å². The molecule has 0 bridgehead atoms. The molecule has 0 unspecified atom stereocenters. The second-order valence-corrected chi connectivity index (χ2v) is 18.6. The van der Waals surface area contributed by atoms with Crippen molar-refractivity contribution in [1.82, 2.24) is 29.7 Å². The fraction of sp³-hybridized carbons (Fsp3) is 0.316. The molecule has 1 aliphatic heterocycles. The van der Waals surface area contributed by atoms with Crippen molar-refractivity contribution in [2.24, 2.45) is 0 Å². The average Bonchev–Trinajstić information content (AvgIpc) is 3.45. The Hall–Kier alpha value is -8.19. The van der Waals surface area contributed by atoms with Gasteiger partial charge in [0, 0.05) is 96.7 Å². The molecule has 0 radical (unpaired) electrons. The first-order valence-electron chi connectivity index (χ1n) is 24.5. The average molecular weight is 1020 g/mol. The largest absolute Gasteiger partial charge is 0.464 e. The fourth-order valence-corrected chi connectivity index (χ4v) is 9.25. The Balaban J connectivity index is 1.25. The van der Waals surface area contributed by atoms with Crippen LogP contribution in [0.5, 0.6) is 0 Å². The standard InChI is InChI=1S/C57H63N9O9/c1-34-22-43(58-37(4)67)10-13-49(34)40-25-46(61-52(28-40)55(70)73-7)31-64-16-18-65(32-47-26-41(29-53(62-47)56(71)74-8)50-14-11-44(23-35(50)2)59-38(5)68)20-21-66(19-17-64)33-48-27-42(30-54(63-48)57(72)75-9)51-15-12-45(24-36(51)3)60-39(6)69/h10-15,22-30H,16-21,31-33H2,1-9H3,(H,58,67)(H,59,68)(H,60,69). The number of amides is 3. The Bertz CT molecular complexity index is 2820. The van der Waals surface area contributed by atoms with E-state index in [4.69, 9.17) is 29.2 Å². The lowest BCUT2D eigenvalue weighted by Crippen LogP contribution is -2.36. The Labute approximate surface area is 436 Å². The van der Waals surface area contributed by atoms with Crippen LogP contribution in [0.4, 0.5) is 17.1 Å². The molecule has 3 amide bonds. The molecule has 1 aliphatic rings. The van der Waals surface area contributed by atoms with Gasteiger partial charge in [-0.25, -0.2) is 29.3 Å². The van der Waals surface area contributed by atoms with Gasteiger partial charge < -0.3 is 30.2 Å². The number of aromatic nitrogens is 3. The summed E-state index contributed by atoms with van der Waals surface area (Å²) in [6.45, 7) is 14.8. The van der Waals surface area contributed by atoms with E-state index in [9.17, 15) is 28.8 Å². The van der Waals surface area contributed by atoms with Crippen LogP contribution in [0, 0.1) is 20.8 Å². The number of methoxy groups -OCH3 is 3. The summed E-state index contributed by atoms with van der Waals surface area (Å²) >= 11 is 0. The van der Waals surface area contributed by atoms with Crippen LogP contribution in [0.3, 0.4) is 0 Å². The molecule has 75 heavy (non-hydrogen) atoms. The summed E-state index contributed by atoms with van der Waals surface area (Å²) in [7, 11) is 3.96. The van der Waals surface area contributed by atoms with Gasteiger partial charge >= 0.3 is 17.9 Å². The number of anilines is 3. The van der Waals surface area contributed by atoms with Crippen molar-refractivity contribution in [2.75, 3.05) is 76.5 Å². The molecular weight excluding hydrogens is 955 g/mol. The van der Waals surface area contributed by atoms with Crippen molar-refractivity contribution in [3.63, 3.8) is 0 Å². The third kappa shape index (κ3) is 14.5. The number of nitrogens with zero attached hydrogens (tertiary/aromatic N) is 6. The lowest BCUT2D eigenvalue weighted by molar-refractivity contribution is -0.115. The first kappa shape index (κ1) is 54.6. The van der Waals surface area contributed by atoms with Crippen molar-refractivity contribution < 1.29 is 43.0 Å². The zero-order valence-electron chi connectivity index (χ0n) is 43.9. The van der Waals surface area contributed by atoms with Gasteiger partial charge in [-0.2, -0.15) is 0 Å². The molecule has 3 aromatic carbocycles. The summed E-state index contributed by atoms with van der Waals surface area (Å²) in [6, 6.07) is 27.9. The minimum atomic E-state index is -0.577. The Kier molecular flexibility index (Phi) is 18.0. The number of rotatable bonds is 15. The summed E-state index contributed by atoms with van der Waals surface area (Å²) in [4.78, 5) is 96.3. The van der Waals surface area contributed by atoms with Gasteiger partial charge in [-0.05, 0) is 144 Å². The van der Waals surface area contributed by atoms with Crippen molar-refractivity contribution in [3.8, 4) is 33.4 Å². The molecule has 6 aromatic rings. The van der Waals surface area contributed by atoms with E-state index in [1.807, 2.05) is 93.6 Å². The maximum Gasteiger partial charge on any atom is 0.356 e. The second kappa shape index (κ2) is 24.7. The van der Waals surface area contributed by atoms with Crippen molar-refractivity contribution in [3.05, 3.63) is 142 Å². The number of hydrogen-bond acceptors (Lipinski definition) is 15. The van der Waals surface area contributed by atoms with Crippen LogP contribution in [0.25, 0.3) is 33.4 Å². The van der Waals surface area contributed by atoms with Gasteiger partial charge in [0.1, 0.15) is 17.1 Å². The molecule has 4 heterocycles. The maximum absolute atomic E-state index is 13.2. The third-order valence-corrected chi connectivity index (χ3v) is 12.7. The zero-order valence-corrected chi connectivity index (χ0v) is 43.9. The molecule has 0 spiro atoms. The Morgan fingerprint density at radius 2 is 0.667 bits per heavy atom. The van der Waals surface area contributed by atoms with Gasteiger partial charge in [-0.1, -0.05) is 18.2 Å². The van der Waals surface area contributed by atoms with E-state index in [2.05, 4.69) is 30.7 Å². The predicted molar refractivity (Wildman–Crippen MR) is 286 cm³/mol. The molecular formula is C57H63N9O9. The number of aryl methyl sites for hydroxylation is 3. The molecule has 7 rings (SSSR count). The molecule has 1 fully saturated rings. The SMILES string of the molecule is COC(=O)c1cc(-c2ccc(NC(C)=O)cc2C)cc(CN2CCN(Cc3cc(-c4ccc(NC(C)=O)cc4C)cc(C(=O)OC)n3)CCN(Cc3cc(-c4ccc(NC(C)=O)cc4C)cc(C(=O)OC)n3)CC2)n1. The summed E-state index contributed by atoms with van der Waals surface area (Å²) in [5, 5.41) is 8.49. The monoisotopic (exact) mass is 1020 g/mol. The van der Waals surface area contributed by atoms with Crippen LogP contribution < -0.4 is 16.0 Å². The number of carbonyl (C=O) groups is 6. The van der Waals surface area contributed by atoms with Crippen LogP contribution in [0.1, 0.15) is 86.0 Å². The minimum absolute atomic E-state index is 0.155. The van der Waals surface area contributed by atoms with Gasteiger partial charge in [0.05, 0.1) is 38.4 Å². The molecule has 0 atom stereocenters. The van der Waals surface area contributed by atoms with E-state index in [1.165, 1.54) is 42.1 Å². The van der Waals surface area contributed by atoms with Gasteiger partial charge in [0.2, 0.25) is 17.7 Å².